The number of halogens is 1. The summed E-state index contributed by atoms with van der Waals surface area (Å²) >= 11 is 0. The van der Waals surface area contributed by atoms with Crippen LogP contribution in [0.5, 0.6) is 0 Å². The smallest absolute Gasteiger partial charge is 0.123 e. The molecule has 0 bridgehead atoms. The largest absolute Gasteiger partial charge is 0.394 e. The van der Waals surface area contributed by atoms with Crippen LogP contribution in [0.15, 0.2) is 30.3 Å². The highest BCUT2D eigenvalue weighted by atomic mass is 19.1. The summed E-state index contributed by atoms with van der Waals surface area (Å²) < 4.78 is 14.2. The summed E-state index contributed by atoms with van der Waals surface area (Å²) in [4.78, 5) is 0. The number of hydrogen-bond donors (Lipinski definition) is 2. The number of aliphatic hydroxyl groups is 1. The minimum atomic E-state index is -0.286. The van der Waals surface area contributed by atoms with Gasteiger partial charge in [0, 0.05) is 11.6 Å². The van der Waals surface area contributed by atoms with Gasteiger partial charge in [-0.25, -0.2) is 9.07 Å². The first-order valence-electron chi connectivity index (χ1n) is 4.91. The molecule has 0 atom stereocenters. The third kappa shape index (κ3) is 2.04. The van der Waals surface area contributed by atoms with Crippen molar-refractivity contribution in [2.75, 3.05) is 12.3 Å². The molecule has 3 N–H and O–H groups in total. The molecule has 0 amide bonds. The summed E-state index contributed by atoms with van der Waals surface area (Å²) in [7, 11) is 0. The molecule has 0 aliphatic carbocycles. The third-order valence-electron chi connectivity index (χ3n) is 2.26. The fourth-order valence-corrected chi connectivity index (χ4v) is 1.47. The van der Waals surface area contributed by atoms with Crippen LogP contribution in [-0.4, -0.2) is 21.5 Å². The van der Waals surface area contributed by atoms with E-state index in [0.29, 0.717) is 18.1 Å². The molecule has 1 heterocycles. The summed E-state index contributed by atoms with van der Waals surface area (Å²) in [6, 6.07) is 7.72. The molecule has 84 valence electrons. The lowest BCUT2D eigenvalue weighted by Crippen LogP contribution is -2.07. The lowest BCUT2D eigenvalue weighted by molar-refractivity contribution is 0.270. The van der Waals surface area contributed by atoms with Crippen molar-refractivity contribution < 1.29 is 9.50 Å². The van der Waals surface area contributed by atoms with Crippen molar-refractivity contribution in [3.05, 3.63) is 36.1 Å². The van der Waals surface area contributed by atoms with Crippen LogP contribution in [0.25, 0.3) is 11.3 Å². The van der Waals surface area contributed by atoms with Crippen molar-refractivity contribution in [1.29, 1.82) is 0 Å². The van der Waals surface area contributed by atoms with Gasteiger partial charge in [0.25, 0.3) is 0 Å². The average Bonchev–Trinajstić information content (AvgIpc) is 2.62. The molecule has 0 saturated carbocycles. The molecule has 0 aliphatic heterocycles. The number of rotatable bonds is 3. The first-order chi connectivity index (χ1) is 7.70. The summed E-state index contributed by atoms with van der Waals surface area (Å²) in [6.07, 6.45) is 0. The Morgan fingerprint density at radius 2 is 2.00 bits per heavy atom. The van der Waals surface area contributed by atoms with E-state index in [4.69, 9.17) is 10.8 Å². The zero-order chi connectivity index (χ0) is 11.5. The number of benzene rings is 1. The summed E-state index contributed by atoms with van der Waals surface area (Å²) in [5.41, 5.74) is 7.18. The molecule has 2 rings (SSSR count). The first kappa shape index (κ1) is 10.6. The van der Waals surface area contributed by atoms with Gasteiger partial charge < -0.3 is 10.8 Å². The van der Waals surface area contributed by atoms with Gasteiger partial charge in [-0.3, -0.25) is 0 Å². The molecule has 2 aromatic rings. The molecule has 0 saturated heterocycles. The van der Waals surface area contributed by atoms with Crippen molar-refractivity contribution in [3.8, 4) is 11.3 Å². The normalized spacial score (nSPS) is 10.6. The van der Waals surface area contributed by atoms with Crippen molar-refractivity contribution >= 4 is 5.82 Å². The summed E-state index contributed by atoms with van der Waals surface area (Å²) in [5.74, 6) is 0.194. The van der Waals surface area contributed by atoms with Crippen molar-refractivity contribution in [1.82, 2.24) is 9.78 Å². The number of nitrogen functional groups attached to an aromatic ring is 1. The number of nitrogens with two attached hydrogens (primary N) is 1. The Balaban J connectivity index is 2.33. The van der Waals surface area contributed by atoms with Gasteiger partial charge in [-0.15, -0.1) is 0 Å². The highest BCUT2D eigenvalue weighted by Crippen LogP contribution is 2.20. The maximum Gasteiger partial charge on any atom is 0.123 e. The molecular formula is C11H12FN3O. The Bertz CT molecular complexity index is 478. The monoisotopic (exact) mass is 221 g/mol. The lowest BCUT2D eigenvalue weighted by atomic mass is 10.1. The second kappa shape index (κ2) is 4.32. The zero-order valence-corrected chi connectivity index (χ0v) is 8.60. The zero-order valence-electron chi connectivity index (χ0n) is 8.60. The number of hydrogen-bond acceptors (Lipinski definition) is 3. The molecule has 0 unspecified atom stereocenters. The van der Waals surface area contributed by atoms with E-state index < -0.39 is 0 Å². The van der Waals surface area contributed by atoms with E-state index in [1.165, 1.54) is 16.8 Å². The van der Waals surface area contributed by atoms with Gasteiger partial charge >= 0.3 is 0 Å². The van der Waals surface area contributed by atoms with E-state index in [0.717, 1.165) is 5.56 Å². The van der Waals surface area contributed by atoms with Gasteiger partial charge in [0.05, 0.1) is 18.8 Å². The van der Waals surface area contributed by atoms with Gasteiger partial charge in [0.15, 0.2) is 0 Å². The predicted molar refractivity (Wildman–Crippen MR) is 59.1 cm³/mol. The van der Waals surface area contributed by atoms with Crippen molar-refractivity contribution in [2.45, 2.75) is 6.54 Å². The maximum atomic E-state index is 12.7. The number of aliphatic hydroxyl groups excluding tert-OH is 1. The average molecular weight is 221 g/mol. The highest BCUT2D eigenvalue weighted by Gasteiger charge is 2.06. The first-order valence-corrected chi connectivity index (χ1v) is 4.91. The van der Waals surface area contributed by atoms with E-state index in [1.54, 1.807) is 18.2 Å². The van der Waals surface area contributed by atoms with E-state index >= 15 is 0 Å². The maximum absolute atomic E-state index is 12.7. The topological polar surface area (TPSA) is 64.1 Å². The van der Waals surface area contributed by atoms with Crippen LogP contribution in [0.3, 0.4) is 0 Å². The van der Waals surface area contributed by atoms with E-state index in [1.807, 2.05) is 0 Å². The van der Waals surface area contributed by atoms with Gasteiger partial charge in [0.1, 0.15) is 11.6 Å². The highest BCUT2D eigenvalue weighted by molar-refractivity contribution is 5.62. The fourth-order valence-electron chi connectivity index (χ4n) is 1.47. The van der Waals surface area contributed by atoms with Crippen LogP contribution in [0.2, 0.25) is 0 Å². The lowest BCUT2D eigenvalue weighted by Gasteiger charge is -1.99. The minimum Gasteiger partial charge on any atom is -0.394 e. The third-order valence-corrected chi connectivity index (χ3v) is 2.26. The Morgan fingerprint density at radius 3 is 2.62 bits per heavy atom. The van der Waals surface area contributed by atoms with Crippen LogP contribution in [-0.2, 0) is 6.54 Å². The number of aromatic nitrogens is 2. The molecular weight excluding hydrogens is 209 g/mol. The summed E-state index contributed by atoms with van der Waals surface area (Å²) in [6.45, 7) is 0.335. The molecule has 1 aromatic carbocycles. The van der Waals surface area contributed by atoms with Crippen LogP contribution in [0.4, 0.5) is 10.2 Å². The Hall–Kier alpha value is -1.88. The predicted octanol–water partition coefficient (Wildman–Crippen LogP) is 1.26. The molecule has 0 aliphatic rings. The minimum absolute atomic E-state index is 0.0191. The number of nitrogens with zero attached hydrogens (tertiary/aromatic N) is 2. The second-order valence-corrected chi connectivity index (χ2v) is 3.41. The van der Waals surface area contributed by atoms with E-state index in [2.05, 4.69) is 5.10 Å². The Kier molecular flexibility index (Phi) is 2.87. The van der Waals surface area contributed by atoms with Crippen molar-refractivity contribution in [3.63, 3.8) is 0 Å². The molecule has 16 heavy (non-hydrogen) atoms. The number of anilines is 1. The Labute approximate surface area is 92.1 Å². The molecule has 0 radical (unpaired) electrons. The van der Waals surface area contributed by atoms with Crippen LogP contribution in [0, 0.1) is 5.82 Å². The second-order valence-electron chi connectivity index (χ2n) is 3.41. The van der Waals surface area contributed by atoms with E-state index in [-0.39, 0.29) is 12.4 Å². The molecule has 0 spiro atoms. The molecule has 0 fully saturated rings. The summed E-state index contributed by atoms with van der Waals surface area (Å²) in [5, 5.41) is 13.0. The van der Waals surface area contributed by atoms with Crippen molar-refractivity contribution in [2.24, 2.45) is 0 Å². The molecule has 1 aromatic heterocycles. The van der Waals surface area contributed by atoms with Crippen LogP contribution < -0.4 is 5.73 Å². The van der Waals surface area contributed by atoms with Gasteiger partial charge in [-0.2, -0.15) is 5.10 Å². The van der Waals surface area contributed by atoms with Gasteiger partial charge in [-0.05, 0) is 24.3 Å². The SMILES string of the molecule is Nc1cc(-c2ccc(F)cc2)nn1CCO. The molecule has 5 heteroatoms. The molecule has 4 nitrogen and oxygen atoms in total. The Morgan fingerprint density at radius 1 is 1.31 bits per heavy atom. The van der Waals surface area contributed by atoms with E-state index in [9.17, 15) is 4.39 Å². The van der Waals surface area contributed by atoms with Gasteiger partial charge in [-0.1, -0.05) is 0 Å². The van der Waals surface area contributed by atoms with Crippen LogP contribution >= 0.6 is 0 Å². The standard InChI is InChI=1S/C11H12FN3O/c12-9-3-1-8(2-4-9)10-7-11(13)15(14-10)5-6-16/h1-4,7,16H,5-6,13H2. The van der Waals surface area contributed by atoms with Gasteiger partial charge in [0.2, 0.25) is 0 Å². The quantitative estimate of drug-likeness (QED) is 0.820. The fraction of sp³-hybridized carbons (Fsp3) is 0.182. The van der Waals surface area contributed by atoms with Crippen LogP contribution in [0.1, 0.15) is 0 Å².